The second kappa shape index (κ2) is 8.05. The number of carboxylic acid groups (broad SMARTS) is 1. The van der Waals surface area contributed by atoms with Gasteiger partial charge in [-0.2, -0.15) is 0 Å². The van der Waals surface area contributed by atoms with E-state index in [9.17, 15) is 4.79 Å². The van der Waals surface area contributed by atoms with Crippen molar-refractivity contribution in [1.82, 2.24) is 4.90 Å². The minimum Gasteiger partial charge on any atom is -0.494 e. The highest BCUT2D eigenvalue weighted by Crippen LogP contribution is 2.36. The number of aliphatic carboxylic acids is 1. The molecule has 4 nitrogen and oxygen atoms in total. The summed E-state index contributed by atoms with van der Waals surface area (Å²) in [6.07, 6.45) is 5.39. The van der Waals surface area contributed by atoms with Gasteiger partial charge in [-0.1, -0.05) is 31.9 Å². The molecule has 1 aliphatic carbocycles. The van der Waals surface area contributed by atoms with E-state index >= 15 is 0 Å². The highest BCUT2D eigenvalue weighted by atomic mass is 16.5. The monoisotopic (exact) mass is 343 g/mol. The Kier molecular flexibility index (Phi) is 5.79. The van der Waals surface area contributed by atoms with Crippen molar-refractivity contribution in [2.45, 2.75) is 46.0 Å². The van der Waals surface area contributed by atoms with Crippen LogP contribution in [0.4, 0.5) is 0 Å². The number of aryl methyl sites for hydroxylation is 1. The van der Waals surface area contributed by atoms with E-state index in [1.54, 1.807) is 0 Å². The molecule has 1 aliphatic heterocycles. The van der Waals surface area contributed by atoms with Crippen LogP contribution >= 0.6 is 0 Å². The maximum atomic E-state index is 11.0. The van der Waals surface area contributed by atoms with Gasteiger partial charge in [0, 0.05) is 19.6 Å². The van der Waals surface area contributed by atoms with Crippen LogP contribution in [0.2, 0.25) is 0 Å². The van der Waals surface area contributed by atoms with Gasteiger partial charge in [-0.15, -0.1) is 0 Å². The summed E-state index contributed by atoms with van der Waals surface area (Å²) >= 11 is 0. The third-order valence-corrected chi connectivity index (χ3v) is 5.37. The third-order valence-electron chi connectivity index (χ3n) is 5.37. The van der Waals surface area contributed by atoms with E-state index in [2.05, 4.69) is 36.9 Å². The Bertz CT molecular complexity index is 659. The lowest BCUT2D eigenvalue weighted by atomic mass is 9.83. The van der Waals surface area contributed by atoms with E-state index in [0.717, 1.165) is 51.0 Å². The van der Waals surface area contributed by atoms with E-state index in [-0.39, 0.29) is 5.92 Å². The fourth-order valence-electron chi connectivity index (χ4n) is 3.86. The number of benzene rings is 1. The number of nitrogens with zero attached hydrogens (tertiary/aromatic N) is 1. The first kappa shape index (κ1) is 18.0. The van der Waals surface area contributed by atoms with Crippen LogP contribution in [0, 0.1) is 5.92 Å². The Labute approximate surface area is 150 Å². The van der Waals surface area contributed by atoms with Crippen LogP contribution in [0.5, 0.6) is 5.75 Å². The zero-order valence-corrected chi connectivity index (χ0v) is 15.4. The van der Waals surface area contributed by atoms with Crippen molar-refractivity contribution in [1.29, 1.82) is 0 Å². The highest BCUT2D eigenvalue weighted by Gasteiger charge is 2.33. The van der Waals surface area contributed by atoms with Crippen LogP contribution in [-0.4, -0.2) is 42.2 Å². The number of likely N-dealkylation sites (tertiary alicyclic amines) is 1. The van der Waals surface area contributed by atoms with Crippen LogP contribution in [0.1, 0.15) is 50.7 Å². The van der Waals surface area contributed by atoms with Crippen molar-refractivity contribution in [3.05, 3.63) is 34.9 Å². The van der Waals surface area contributed by atoms with Crippen LogP contribution < -0.4 is 4.74 Å². The summed E-state index contributed by atoms with van der Waals surface area (Å²) in [5.74, 6) is 0.146. The number of carbonyl (C=O) groups is 1. The summed E-state index contributed by atoms with van der Waals surface area (Å²) in [5, 5.41) is 9.04. The number of carboxylic acids is 1. The summed E-state index contributed by atoms with van der Waals surface area (Å²) in [5.41, 5.74) is 5.68. The van der Waals surface area contributed by atoms with Gasteiger partial charge in [0.2, 0.25) is 0 Å². The molecular weight excluding hydrogens is 314 g/mol. The van der Waals surface area contributed by atoms with E-state index in [1.165, 1.54) is 22.3 Å². The summed E-state index contributed by atoms with van der Waals surface area (Å²) in [6, 6.07) is 6.52. The maximum Gasteiger partial charge on any atom is 0.309 e. The Morgan fingerprint density at radius 2 is 2.08 bits per heavy atom. The molecule has 1 heterocycles. The number of unbranched alkanes of at least 4 members (excludes halogenated alkanes) is 1. The largest absolute Gasteiger partial charge is 0.494 e. The second-order valence-electron chi connectivity index (χ2n) is 7.19. The van der Waals surface area contributed by atoms with Crippen molar-refractivity contribution in [2.24, 2.45) is 5.92 Å². The first-order chi connectivity index (χ1) is 12.1. The maximum absolute atomic E-state index is 11.0. The molecule has 0 radical (unpaired) electrons. The standard InChI is InChI=1S/C21H29NO3/c1-3-5-10-25-18-8-9-20-15(11-18)6-7-16(19(20)4-2)12-22-13-17(14-22)21(23)24/h8-9,11,17H,3-7,10,12-14H2,1-2H3,(H,23,24). The van der Waals surface area contributed by atoms with Gasteiger partial charge >= 0.3 is 5.97 Å². The third kappa shape index (κ3) is 4.06. The van der Waals surface area contributed by atoms with Crippen LogP contribution in [-0.2, 0) is 11.2 Å². The average molecular weight is 343 g/mol. The van der Waals surface area contributed by atoms with Gasteiger partial charge in [0.05, 0.1) is 12.5 Å². The molecule has 1 fully saturated rings. The molecule has 0 atom stereocenters. The molecule has 0 aromatic heterocycles. The summed E-state index contributed by atoms with van der Waals surface area (Å²) in [6.45, 7) is 7.47. The number of ether oxygens (including phenoxy) is 1. The van der Waals surface area contributed by atoms with E-state index in [4.69, 9.17) is 9.84 Å². The number of rotatable bonds is 8. The Hall–Kier alpha value is -1.81. The number of fused-ring (bicyclic) bond motifs is 1. The van der Waals surface area contributed by atoms with Gasteiger partial charge in [0.1, 0.15) is 5.75 Å². The molecule has 136 valence electrons. The van der Waals surface area contributed by atoms with Crippen molar-refractivity contribution < 1.29 is 14.6 Å². The van der Waals surface area contributed by atoms with Crippen LogP contribution in [0.25, 0.3) is 5.57 Å². The lowest BCUT2D eigenvalue weighted by Crippen LogP contribution is -2.50. The molecular formula is C21H29NO3. The van der Waals surface area contributed by atoms with Crippen molar-refractivity contribution in [2.75, 3.05) is 26.2 Å². The predicted molar refractivity (Wildman–Crippen MR) is 99.9 cm³/mol. The Morgan fingerprint density at radius 3 is 2.76 bits per heavy atom. The smallest absolute Gasteiger partial charge is 0.309 e. The molecule has 0 bridgehead atoms. The number of allylic oxidation sites excluding steroid dienone is 1. The molecule has 25 heavy (non-hydrogen) atoms. The summed E-state index contributed by atoms with van der Waals surface area (Å²) in [4.78, 5) is 13.2. The molecule has 1 N–H and O–H groups in total. The van der Waals surface area contributed by atoms with Crippen LogP contribution in [0.3, 0.4) is 0 Å². The summed E-state index contributed by atoms with van der Waals surface area (Å²) < 4.78 is 5.85. The second-order valence-corrected chi connectivity index (χ2v) is 7.19. The van der Waals surface area contributed by atoms with E-state index < -0.39 is 5.97 Å². The number of hydrogen-bond acceptors (Lipinski definition) is 3. The molecule has 0 unspecified atom stereocenters. The van der Waals surface area contributed by atoms with Gasteiger partial charge < -0.3 is 9.84 Å². The van der Waals surface area contributed by atoms with Crippen LogP contribution in [0.15, 0.2) is 23.8 Å². The molecule has 1 saturated heterocycles. The van der Waals surface area contributed by atoms with E-state index in [0.29, 0.717) is 13.1 Å². The molecule has 1 aromatic rings. The summed E-state index contributed by atoms with van der Waals surface area (Å²) in [7, 11) is 0. The predicted octanol–water partition coefficient (Wildman–Crippen LogP) is 3.99. The van der Waals surface area contributed by atoms with Crippen molar-refractivity contribution in [3.8, 4) is 5.75 Å². The van der Waals surface area contributed by atoms with Gasteiger partial charge in [-0.25, -0.2) is 0 Å². The Balaban J connectivity index is 1.70. The van der Waals surface area contributed by atoms with E-state index in [1.807, 2.05) is 0 Å². The minimum atomic E-state index is -0.662. The quantitative estimate of drug-likeness (QED) is 0.725. The van der Waals surface area contributed by atoms with Gasteiger partial charge in [-0.05, 0) is 54.5 Å². The Morgan fingerprint density at radius 1 is 1.28 bits per heavy atom. The van der Waals surface area contributed by atoms with Gasteiger partial charge in [0.25, 0.3) is 0 Å². The SMILES string of the molecule is CCCCOc1ccc2c(c1)CCC(CN1CC(C(=O)O)C1)=C2CC. The topological polar surface area (TPSA) is 49.8 Å². The first-order valence-corrected chi connectivity index (χ1v) is 9.54. The fourth-order valence-corrected chi connectivity index (χ4v) is 3.86. The fraction of sp³-hybridized carbons (Fsp3) is 0.571. The lowest BCUT2D eigenvalue weighted by molar-refractivity contribution is -0.147. The van der Waals surface area contributed by atoms with Crippen molar-refractivity contribution >= 4 is 11.5 Å². The van der Waals surface area contributed by atoms with Crippen molar-refractivity contribution in [3.63, 3.8) is 0 Å². The zero-order chi connectivity index (χ0) is 17.8. The molecule has 0 amide bonds. The highest BCUT2D eigenvalue weighted by molar-refractivity contribution is 5.74. The van der Waals surface area contributed by atoms with Gasteiger partial charge in [-0.3, -0.25) is 9.69 Å². The zero-order valence-electron chi connectivity index (χ0n) is 15.4. The lowest BCUT2D eigenvalue weighted by Gasteiger charge is -2.38. The molecule has 2 aliphatic rings. The molecule has 4 heteroatoms. The normalized spacial score (nSPS) is 18.0. The van der Waals surface area contributed by atoms with Gasteiger partial charge in [0.15, 0.2) is 0 Å². The molecule has 0 spiro atoms. The minimum absolute atomic E-state index is 0.176. The molecule has 0 saturated carbocycles. The average Bonchev–Trinajstić information content (AvgIpc) is 2.57. The molecule has 3 rings (SSSR count). The molecule has 1 aromatic carbocycles. The number of hydrogen-bond donors (Lipinski definition) is 1. The first-order valence-electron chi connectivity index (χ1n) is 9.54.